The lowest BCUT2D eigenvalue weighted by molar-refractivity contribution is 0.0693. The number of carbonyl (C=O) groups is 2. The summed E-state index contributed by atoms with van der Waals surface area (Å²) in [6.45, 7) is 3.60. The van der Waals surface area contributed by atoms with Crippen LogP contribution in [0, 0.1) is 0 Å². The third-order valence-electron chi connectivity index (χ3n) is 4.08. The Morgan fingerprint density at radius 2 is 2.09 bits per heavy atom. The van der Waals surface area contributed by atoms with Crippen LogP contribution >= 0.6 is 0 Å². The standard InChI is InChI=1S/C18H17NO4/c1-3-15(20)16-9-13(18(21)22)17(23-16)10(2)11-5-4-6-14-12(11)7-8-19-14/h4-10,19H,3H2,1-2H3,(H,21,22). The SMILES string of the molecule is CCC(=O)c1cc(C(=O)O)c(C(C)c2cccc3[nH]ccc23)o1. The number of carbonyl (C=O) groups excluding carboxylic acids is 1. The highest BCUT2D eigenvalue weighted by Gasteiger charge is 2.26. The third kappa shape index (κ3) is 2.54. The summed E-state index contributed by atoms with van der Waals surface area (Å²) in [4.78, 5) is 26.5. The first-order valence-electron chi connectivity index (χ1n) is 7.49. The lowest BCUT2D eigenvalue weighted by Gasteiger charge is -2.12. The van der Waals surface area contributed by atoms with Crippen LogP contribution in [0.1, 0.15) is 58.4 Å². The van der Waals surface area contributed by atoms with Crippen LogP contribution in [0.2, 0.25) is 0 Å². The first-order valence-corrected chi connectivity index (χ1v) is 7.49. The van der Waals surface area contributed by atoms with E-state index in [1.165, 1.54) is 6.07 Å². The number of aromatic nitrogens is 1. The van der Waals surface area contributed by atoms with Crippen LogP contribution in [0.25, 0.3) is 10.9 Å². The highest BCUT2D eigenvalue weighted by atomic mass is 16.4. The Bertz CT molecular complexity index is 887. The number of ketones is 1. The fourth-order valence-electron chi connectivity index (χ4n) is 2.83. The summed E-state index contributed by atoms with van der Waals surface area (Å²) in [6.07, 6.45) is 2.11. The summed E-state index contributed by atoms with van der Waals surface area (Å²) in [5.74, 6) is -1.16. The van der Waals surface area contributed by atoms with E-state index in [9.17, 15) is 14.7 Å². The van der Waals surface area contributed by atoms with Gasteiger partial charge < -0.3 is 14.5 Å². The second-order valence-electron chi connectivity index (χ2n) is 5.48. The van der Waals surface area contributed by atoms with E-state index < -0.39 is 5.97 Å². The fraction of sp³-hybridized carbons (Fsp3) is 0.222. The first kappa shape index (κ1) is 15.1. The molecule has 0 aliphatic heterocycles. The number of fused-ring (bicyclic) bond motifs is 1. The van der Waals surface area contributed by atoms with E-state index in [1.807, 2.05) is 37.4 Å². The van der Waals surface area contributed by atoms with Gasteiger partial charge in [0.1, 0.15) is 11.3 Å². The van der Waals surface area contributed by atoms with Crippen molar-refractivity contribution in [2.75, 3.05) is 0 Å². The van der Waals surface area contributed by atoms with E-state index >= 15 is 0 Å². The van der Waals surface area contributed by atoms with Gasteiger partial charge in [-0.2, -0.15) is 0 Å². The van der Waals surface area contributed by atoms with Crippen molar-refractivity contribution < 1.29 is 19.1 Å². The lowest BCUT2D eigenvalue weighted by Crippen LogP contribution is -2.03. The summed E-state index contributed by atoms with van der Waals surface area (Å²) < 4.78 is 5.63. The van der Waals surface area contributed by atoms with Gasteiger partial charge in [-0.1, -0.05) is 26.0 Å². The van der Waals surface area contributed by atoms with E-state index in [4.69, 9.17) is 4.42 Å². The molecule has 1 aromatic carbocycles. The molecular weight excluding hydrogens is 294 g/mol. The molecule has 0 fully saturated rings. The highest BCUT2D eigenvalue weighted by molar-refractivity contribution is 5.97. The fourth-order valence-corrected chi connectivity index (χ4v) is 2.83. The predicted octanol–water partition coefficient (Wildman–Crippen LogP) is 4.20. The second kappa shape index (κ2) is 5.76. The molecule has 0 amide bonds. The zero-order chi connectivity index (χ0) is 16.6. The largest absolute Gasteiger partial charge is 0.478 e. The zero-order valence-corrected chi connectivity index (χ0v) is 12.9. The highest BCUT2D eigenvalue weighted by Crippen LogP contribution is 2.33. The number of aromatic carboxylic acids is 1. The van der Waals surface area contributed by atoms with Crippen LogP contribution in [0.5, 0.6) is 0 Å². The number of carboxylic acids is 1. The van der Waals surface area contributed by atoms with Gasteiger partial charge >= 0.3 is 5.97 Å². The van der Waals surface area contributed by atoms with Gasteiger partial charge in [-0.3, -0.25) is 4.79 Å². The maximum absolute atomic E-state index is 11.8. The first-order chi connectivity index (χ1) is 11.0. The molecule has 2 heterocycles. The Balaban J connectivity index is 2.13. The molecule has 1 unspecified atom stereocenters. The van der Waals surface area contributed by atoms with Crippen molar-refractivity contribution in [1.82, 2.24) is 4.98 Å². The van der Waals surface area contributed by atoms with Gasteiger partial charge in [-0.05, 0) is 17.7 Å². The van der Waals surface area contributed by atoms with Crippen molar-refractivity contribution in [2.45, 2.75) is 26.2 Å². The summed E-state index contributed by atoms with van der Waals surface area (Å²) in [6, 6.07) is 9.08. The van der Waals surface area contributed by atoms with Crippen LogP contribution in [0.4, 0.5) is 0 Å². The molecule has 5 heteroatoms. The van der Waals surface area contributed by atoms with E-state index in [0.29, 0.717) is 5.76 Å². The van der Waals surface area contributed by atoms with Crippen LogP contribution < -0.4 is 0 Å². The predicted molar refractivity (Wildman–Crippen MR) is 86.1 cm³/mol. The molecule has 5 nitrogen and oxygen atoms in total. The average Bonchev–Trinajstić information content (AvgIpc) is 3.19. The Hall–Kier alpha value is -2.82. The van der Waals surface area contributed by atoms with Crippen molar-refractivity contribution in [3.8, 4) is 0 Å². The number of furan rings is 1. The molecule has 118 valence electrons. The summed E-state index contributed by atoms with van der Waals surface area (Å²) in [5, 5.41) is 10.4. The van der Waals surface area contributed by atoms with Gasteiger partial charge in [0.2, 0.25) is 0 Å². The van der Waals surface area contributed by atoms with E-state index in [2.05, 4.69) is 4.98 Å². The number of H-pyrrole nitrogens is 1. The quantitative estimate of drug-likeness (QED) is 0.692. The minimum atomic E-state index is -1.09. The Morgan fingerprint density at radius 3 is 2.78 bits per heavy atom. The van der Waals surface area contributed by atoms with Gasteiger partial charge in [0, 0.05) is 35.5 Å². The summed E-state index contributed by atoms with van der Waals surface area (Å²) in [5.41, 5.74) is 1.97. The van der Waals surface area contributed by atoms with Crippen molar-refractivity contribution in [3.05, 3.63) is 59.2 Å². The molecule has 0 aliphatic carbocycles. The molecule has 0 radical (unpaired) electrons. The molecule has 23 heavy (non-hydrogen) atoms. The molecule has 0 saturated heterocycles. The monoisotopic (exact) mass is 311 g/mol. The lowest BCUT2D eigenvalue weighted by atomic mass is 9.93. The molecule has 0 spiro atoms. The van der Waals surface area contributed by atoms with Gasteiger partial charge in [-0.15, -0.1) is 0 Å². The number of Topliss-reactive ketones (excluding diaryl/α,β-unsaturated/α-hetero) is 1. The Labute approximate surface area is 132 Å². The minimum Gasteiger partial charge on any atom is -0.478 e. The number of aromatic amines is 1. The zero-order valence-electron chi connectivity index (χ0n) is 12.9. The number of rotatable bonds is 5. The van der Waals surface area contributed by atoms with Crippen molar-refractivity contribution in [3.63, 3.8) is 0 Å². The number of benzene rings is 1. The van der Waals surface area contributed by atoms with Crippen molar-refractivity contribution in [2.24, 2.45) is 0 Å². The van der Waals surface area contributed by atoms with Crippen LogP contribution in [0.3, 0.4) is 0 Å². The summed E-state index contributed by atoms with van der Waals surface area (Å²) >= 11 is 0. The smallest absolute Gasteiger partial charge is 0.339 e. The van der Waals surface area contributed by atoms with E-state index in [-0.39, 0.29) is 29.4 Å². The van der Waals surface area contributed by atoms with Crippen molar-refractivity contribution in [1.29, 1.82) is 0 Å². The Kier molecular flexibility index (Phi) is 3.78. The van der Waals surface area contributed by atoms with Gasteiger partial charge in [0.25, 0.3) is 0 Å². The molecule has 0 aliphatic rings. The maximum Gasteiger partial charge on any atom is 0.339 e. The average molecular weight is 311 g/mol. The van der Waals surface area contributed by atoms with Gasteiger partial charge in [-0.25, -0.2) is 4.79 Å². The number of hydrogen-bond donors (Lipinski definition) is 2. The van der Waals surface area contributed by atoms with Crippen molar-refractivity contribution >= 4 is 22.7 Å². The topological polar surface area (TPSA) is 83.3 Å². The normalized spacial score (nSPS) is 12.4. The van der Waals surface area contributed by atoms with E-state index in [1.54, 1.807) is 6.92 Å². The second-order valence-corrected chi connectivity index (χ2v) is 5.48. The van der Waals surface area contributed by atoms with Gasteiger partial charge in [0.05, 0.1) is 0 Å². The number of hydrogen-bond acceptors (Lipinski definition) is 3. The molecule has 3 aromatic rings. The van der Waals surface area contributed by atoms with Crippen LogP contribution in [0.15, 0.2) is 40.9 Å². The van der Waals surface area contributed by atoms with E-state index in [0.717, 1.165) is 16.5 Å². The number of nitrogens with one attached hydrogen (secondary N) is 1. The third-order valence-corrected chi connectivity index (χ3v) is 4.08. The molecule has 0 saturated carbocycles. The summed E-state index contributed by atoms with van der Waals surface area (Å²) in [7, 11) is 0. The molecule has 0 bridgehead atoms. The Morgan fingerprint density at radius 1 is 1.30 bits per heavy atom. The molecule has 1 atom stereocenters. The molecule has 2 aromatic heterocycles. The maximum atomic E-state index is 11.8. The number of carboxylic acid groups (broad SMARTS) is 1. The van der Waals surface area contributed by atoms with Gasteiger partial charge in [0.15, 0.2) is 11.5 Å². The molecular formula is C18H17NO4. The van der Waals surface area contributed by atoms with Crippen LogP contribution in [-0.2, 0) is 0 Å². The molecule has 3 rings (SSSR count). The minimum absolute atomic E-state index is 0.0434. The van der Waals surface area contributed by atoms with Crippen LogP contribution in [-0.4, -0.2) is 21.8 Å². The molecule has 2 N–H and O–H groups in total.